The van der Waals surface area contributed by atoms with Gasteiger partial charge in [0.1, 0.15) is 5.60 Å². The Labute approximate surface area is 162 Å². The molecular weight excluding hydrogens is 342 g/mol. The van der Waals surface area contributed by atoms with E-state index in [9.17, 15) is 0 Å². The summed E-state index contributed by atoms with van der Waals surface area (Å²) in [5, 5.41) is 0. The monoisotopic (exact) mass is 373 g/mol. The summed E-state index contributed by atoms with van der Waals surface area (Å²) in [7, 11) is 1.79. The van der Waals surface area contributed by atoms with Crippen molar-refractivity contribution < 1.29 is 18.9 Å². The molecule has 2 aliphatic heterocycles. The third-order valence-electron chi connectivity index (χ3n) is 6.45. The molecular formula is C22H31NO4. The topological polar surface area (TPSA) is 56.4 Å². The SMILES string of the molecule is COC1C(OCc2ccncc2)CCC2(CO2)C1C1(C)OC1CC=C(C)C. The van der Waals surface area contributed by atoms with E-state index in [1.165, 1.54) is 5.57 Å². The maximum Gasteiger partial charge on any atom is 0.101 e. The Hall–Kier alpha value is -1.27. The first kappa shape index (κ1) is 19.1. The fourth-order valence-electron chi connectivity index (χ4n) is 4.80. The van der Waals surface area contributed by atoms with Crippen LogP contribution < -0.4 is 0 Å². The van der Waals surface area contributed by atoms with Crippen molar-refractivity contribution in [3.05, 3.63) is 41.7 Å². The summed E-state index contributed by atoms with van der Waals surface area (Å²) in [4.78, 5) is 4.07. The molecule has 3 heterocycles. The van der Waals surface area contributed by atoms with Crippen LogP contribution >= 0.6 is 0 Å². The number of aromatic nitrogens is 1. The molecule has 6 atom stereocenters. The van der Waals surface area contributed by atoms with Crippen LogP contribution in [0.15, 0.2) is 36.2 Å². The molecule has 0 N–H and O–H groups in total. The molecule has 3 fully saturated rings. The standard InChI is InChI=1S/C22H31NO4/c1-15(2)5-6-18-21(3,27-18)20-19(24-4)17(7-10-22(20)14-26-22)25-13-16-8-11-23-12-9-16/h5,8-9,11-12,17-20H,6-7,10,13-14H2,1-4H3. The van der Waals surface area contributed by atoms with Crippen molar-refractivity contribution in [2.24, 2.45) is 5.92 Å². The molecule has 0 radical (unpaired) electrons. The van der Waals surface area contributed by atoms with Crippen LogP contribution in [-0.2, 0) is 25.6 Å². The van der Waals surface area contributed by atoms with E-state index >= 15 is 0 Å². The quantitative estimate of drug-likeness (QED) is 0.539. The predicted molar refractivity (Wildman–Crippen MR) is 102 cm³/mol. The average Bonchev–Trinajstić information content (AvgIpc) is 3.57. The highest BCUT2D eigenvalue weighted by atomic mass is 16.6. The fraction of sp³-hybridized carbons (Fsp3) is 0.682. The number of hydrogen-bond donors (Lipinski definition) is 0. The van der Waals surface area contributed by atoms with Crippen LogP contribution in [0.5, 0.6) is 0 Å². The summed E-state index contributed by atoms with van der Waals surface area (Å²) in [5.41, 5.74) is 2.17. The van der Waals surface area contributed by atoms with E-state index in [-0.39, 0.29) is 35.4 Å². The van der Waals surface area contributed by atoms with Crippen molar-refractivity contribution in [2.45, 2.75) is 76.2 Å². The normalized spacial score (nSPS) is 40.0. The van der Waals surface area contributed by atoms with Crippen molar-refractivity contribution in [3.8, 4) is 0 Å². The lowest BCUT2D eigenvalue weighted by atomic mass is 9.68. The van der Waals surface area contributed by atoms with E-state index in [4.69, 9.17) is 18.9 Å². The van der Waals surface area contributed by atoms with Gasteiger partial charge in [0.15, 0.2) is 0 Å². The van der Waals surface area contributed by atoms with E-state index in [0.29, 0.717) is 6.61 Å². The first-order valence-corrected chi connectivity index (χ1v) is 9.97. The third kappa shape index (κ3) is 3.70. The van der Waals surface area contributed by atoms with Gasteiger partial charge in [0.25, 0.3) is 0 Å². The molecule has 148 valence electrons. The Balaban J connectivity index is 1.48. The molecule has 27 heavy (non-hydrogen) atoms. The van der Waals surface area contributed by atoms with E-state index in [0.717, 1.165) is 31.4 Å². The van der Waals surface area contributed by atoms with Crippen LogP contribution in [0.4, 0.5) is 0 Å². The molecule has 6 unspecified atom stereocenters. The highest BCUT2D eigenvalue weighted by Gasteiger charge is 2.71. The Morgan fingerprint density at radius 1 is 1.33 bits per heavy atom. The molecule has 4 rings (SSSR count). The zero-order chi connectivity index (χ0) is 19.1. The molecule has 1 aliphatic carbocycles. The number of pyridine rings is 1. The van der Waals surface area contributed by atoms with Gasteiger partial charge >= 0.3 is 0 Å². The number of nitrogens with zero attached hydrogens (tertiary/aromatic N) is 1. The molecule has 2 saturated heterocycles. The van der Waals surface area contributed by atoms with Gasteiger partial charge in [-0.3, -0.25) is 4.98 Å². The zero-order valence-electron chi connectivity index (χ0n) is 16.8. The summed E-state index contributed by atoms with van der Waals surface area (Å²) in [6.45, 7) is 7.87. The second kappa shape index (κ2) is 7.28. The van der Waals surface area contributed by atoms with Gasteiger partial charge < -0.3 is 18.9 Å². The molecule has 1 aromatic heterocycles. The minimum atomic E-state index is -0.207. The van der Waals surface area contributed by atoms with Crippen LogP contribution in [-0.4, -0.2) is 48.2 Å². The van der Waals surface area contributed by atoms with Crippen molar-refractivity contribution in [1.82, 2.24) is 4.98 Å². The fourth-order valence-corrected chi connectivity index (χ4v) is 4.80. The van der Waals surface area contributed by atoms with Gasteiger partial charge in [-0.25, -0.2) is 0 Å². The van der Waals surface area contributed by atoms with Crippen LogP contribution in [0.25, 0.3) is 0 Å². The highest BCUT2D eigenvalue weighted by molar-refractivity contribution is 5.21. The van der Waals surface area contributed by atoms with Gasteiger partial charge in [-0.05, 0) is 57.7 Å². The van der Waals surface area contributed by atoms with E-state index < -0.39 is 0 Å². The summed E-state index contributed by atoms with van der Waals surface area (Å²) >= 11 is 0. The van der Waals surface area contributed by atoms with Crippen molar-refractivity contribution in [2.75, 3.05) is 13.7 Å². The number of rotatable bonds is 7. The number of allylic oxidation sites excluding steroid dienone is 1. The summed E-state index contributed by atoms with van der Waals surface area (Å²) < 4.78 is 24.6. The molecule has 1 saturated carbocycles. The van der Waals surface area contributed by atoms with Crippen LogP contribution in [0.1, 0.15) is 45.6 Å². The molecule has 0 amide bonds. The number of methoxy groups -OCH3 is 1. The van der Waals surface area contributed by atoms with Gasteiger partial charge in [0.05, 0.1) is 43.0 Å². The zero-order valence-corrected chi connectivity index (χ0v) is 16.8. The van der Waals surface area contributed by atoms with Gasteiger partial charge in [0.2, 0.25) is 0 Å². The Bertz CT molecular complexity index is 683. The minimum absolute atomic E-state index is 0.0233. The first-order valence-electron chi connectivity index (χ1n) is 9.97. The maximum absolute atomic E-state index is 6.30. The average molecular weight is 373 g/mol. The summed E-state index contributed by atoms with van der Waals surface area (Å²) in [5.74, 6) is 0.196. The van der Waals surface area contributed by atoms with Crippen molar-refractivity contribution >= 4 is 0 Å². The molecule has 1 aromatic rings. The molecule has 5 nitrogen and oxygen atoms in total. The molecule has 0 bridgehead atoms. The minimum Gasteiger partial charge on any atom is -0.378 e. The van der Waals surface area contributed by atoms with Crippen molar-refractivity contribution in [1.29, 1.82) is 0 Å². The largest absolute Gasteiger partial charge is 0.378 e. The smallest absolute Gasteiger partial charge is 0.101 e. The van der Waals surface area contributed by atoms with E-state index in [1.54, 1.807) is 19.5 Å². The number of ether oxygens (including phenoxy) is 4. The van der Waals surface area contributed by atoms with Crippen LogP contribution in [0, 0.1) is 5.92 Å². The molecule has 1 spiro atoms. The van der Waals surface area contributed by atoms with Crippen LogP contribution in [0.2, 0.25) is 0 Å². The highest BCUT2D eigenvalue weighted by Crippen LogP contribution is 2.59. The first-order chi connectivity index (χ1) is 13.0. The van der Waals surface area contributed by atoms with Gasteiger partial charge in [-0.1, -0.05) is 11.6 Å². The summed E-state index contributed by atoms with van der Waals surface area (Å²) in [6, 6.07) is 3.99. The molecule has 5 heteroatoms. The van der Waals surface area contributed by atoms with Gasteiger partial charge in [0, 0.05) is 19.5 Å². The van der Waals surface area contributed by atoms with Gasteiger partial charge in [-0.2, -0.15) is 0 Å². The molecule has 0 aromatic carbocycles. The van der Waals surface area contributed by atoms with Crippen LogP contribution in [0.3, 0.4) is 0 Å². The second-order valence-corrected chi connectivity index (χ2v) is 8.58. The lowest BCUT2D eigenvalue weighted by molar-refractivity contribution is -0.143. The lowest BCUT2D eigenvalue weighted by Gasteiger charge is -2.43. The number of epoxide rings is 2. The summed E-state index contributed by atoms with van der Waals surface area (Å²) in [6.07, 6.45) is 9.03. The molecule has 3 aliphatic rings. The van der Waals surface area contributed by atoms with Crippen molar-refractivity contribution in [3.63, 3.8) is 0 Å². The third-order valence-corrected chi connectivity index (χ3v) is 6.45. The Morgan fingerprint density at radius 3 is 2.70 bits per heavy atom. The lowest BCUT2D eigenvalue weighted by Crippen LogP contribution is -2.55. The Kier molecular flexibility index (Phi) is 5.14. The predicted octanol–water partition coefficient (Wildman–Crippen LogP) is 3.67. The number of hydrogen-bond acceptors (Lipinski definition) is 5. The second-order valence-electron chi connectivity index (χ2n) is 8.58. The van der Waals surface area contributed by atoms with Gasteiger partial charge in [-0.15, -0.1) is 0 Å². The van der Waals surface area contributed by atoms with E-state index in [1.807, 2.05) is 12.1 Å². The maximum atomic E-state index is 6.30. The van der Waals surface area contributed by atoms with E-state index in [2.05, 4.69) is 31.8 Å². The Morgan fingerprint density at radius 2 is 2.07 bits per heavy atom.